The number of amides is 1. The predicted octanol–water partition coefficient (Wildman–Crippen LogP) is 2.13. The first-order chi connectivity index (χ1) is 8.61. The molecule has 2 rings (SSSR count). The van der Waals surface area contributed by atoms with Gasteiger partial charge in [0.05, 0.1) is 11.3 Å². The van der Waals surface area contributed by atoms with E-state index in [2.05, 4.69) is 18.0 Å². The van der Waals surface area contributed by atoms with Crippen molar-refractivity contribution in [3.05, 3.63) is 29.1 Å². The Labute approximate surface area is 107 Å². The minimum absolute atomic E-state index is 0.0190. The molecule has 18 heavy (non-hydrogen) atoms. The molecule has 1 aromatic heterocycles. The van der Waals surface area contributed by atoms with E-state index in [0.29, 0.717) is 22.9 Å². The molecular weight excluding hydrogens is 226 g/mol. The third-order valence-electron chi connectivity index (χ3n) is 3.50. The molecule has 4 nitrogen and oxygen atoms in total. The monoisotopic (exact) mass is 243 g/mol. The third kappa shape index (κ3) is 2.51. The highest BCUT2D eigenvalue weighted by Crippen LogP contribution is 2.18. The van der Waals surface area contributed by atoms with Crippen molar-refractivity contribution in [2.75, 3.05) is 13.1 Å². The Balaban J connectivity index is 2.14. The zero-order valence-corrected chi connectivity index (χ0v) is 10.8. The number of carbonyl (C=O) groups is 1. The van der Waals surface area contributed by atoms with Crippen molar-refractivity contribution >= 4 is 5.91 Å². The van der Waals surface area contributed by atoms with E-state index in [-0.39, 0.29) is 5.91 Å². The minimum atomic E-state index is -0.0190. The number of pyridine rings is 1. The van der Waals surface area contributed by atoms with Gasteiger partial charge in [-0.05, 0) is 37.8 Å². The van der Waals surface area contributed by atoms with Gasteiger partial charge in [0.1, 0.15) is 11.8 Å². The van der Waals surface area contributed by atoms with Gasteiger partial charge in [0.15, 0.2) is 0 Å². The molecule has 94 valence electrons. The Morgan fingerprint density at radius 3 is 2.67 bits per heavy atom. The van der Waals surface area contributed by atoms with Gasteiger partial charge in [0, 0.05) is 13.1 Å². The second-order valence-electron chi connectivity index (χ2n) is 4.92. The van der Waals surface area contributed by atoms with Crippen molar-refractivity contribution in [3.8, 4) is 6.07 Å². The van der Waals surface area contributed by atoms with E-state index < -0.39 is 0 Å². The number of nitrogens with zero attached hydrogens (tertiary/aromatic N) is 3. The first-order valence-corrected chi connectivity index (χ1v) is 6.29. The zero-order valence-electron chi connectivity index (χ0n) is 10.8. The Morgan fingerprint density at radius 1 is 1.44 bits per heavy atom. The lowest BCUT2D eigenvalue weighted by Crippen LogP contribution is -2.38. The Kier molecular flexibility index (Phi) is 3.61. The van der Waals surface area contributed by atoms with Crippen LogP contribution in [0.25, 0.3) is 0 Å². The van der Waals surface area contributed by atoms with Crippen LogP contribution in [-0.2, 0) is 0 Å². The molecule has 0 radical (unpaired) electrons. The predicted molar refractivity (Wildman–Crippen MR) is 68.0 cm³/mol. The molecule has 0 bridgehead atoms. The Bertz CT molecular complexity index is 496. The molecule has 1 aliphatic heterocycles. The number of carbonyl (C=O) groups excluding carboxylic acids is 1. The largest absolute Gasteiger partial charge is 0.337 e. The number of aryl methyl sites for hydroxylation is 1. The molecule has 1 aromatic rings. The first kappa shape index (κ1) is 12.6. The molecule has 0 aliphatic carbocycles. The molecular formula is C14H17N3O. The molecule has 0 atom stereocenters. The number of hydrogen-bond acceptors (Lipinski definition) is 3. The fourth-order valence-electron chi connectivity index (χ4n) is 2.17. The van der Waals surface area contributed by atoms with E-state index in [1.54, 1.807) is 19.1 Å². The summed E-state index contributed by atoms with van der Waals surface area (Å²) in [5.74, 6) is 0.680. The molecule has 1 saturated heterocycles. The number of likely N-dealkylation sites (tertiary alicyclic amines) is 1. The van der Waals surface area contributed by atoms with Crippen LogP contribution >= 0.6 is 0 Å². The Morgan fingerprint density at radius 2 is 2.11 bits per heavy atom. The van der Waals surface area contributed by atoms with Crippen molar-refractivity contribution in [2.45, 2.75) is 26.7 Å². The van der Waals surface area contributed by atoms with Gasteiger partial charge in [0.2, 0.25) is 0 Å². The summed E-state index contributed by atoms with van der Waals surface area (Å²) in [4.78, 5) is 18.3. The average Bonchev–Trinajstić information content (AvgIpc) is 2.38. The molecule has 0 saturated carbocycles. The van der Waals surface area contributed by atoms with Crippen LogP contribution in [0.1, 0.15) is 41.5 Å². The van der Waals surface area contributed by atoms with Crippen molar-refractivity contribution < 1.29 is 4.79 Å². The molecule has 0 unspecified atom stereocenters. The first-order valence-electron chi connectivity index (χ1n) is 6.29. The topological polar surface area (TPSA) is 57.0 Å². The van der Waals surface area contributed by atoms with Crippen molar-refractivity contribution in [2.24, 2.45) is 5.92 Å². The molecule has 4 heteroatoms. The number of nitriles is 1. The summed E-state index contributed by atoms with van der Waals surface area (Å²) in [5, 5.41) is 8.84. The number of piperidine rings is 1. The lowest BCUT2D eigenvalue weighted by molar-refractivity contribution is 0.0691. The van der Waals surface area contributed by atoms with Crippen molar-refractivity contribution in [1.82, 2.24) is 9.88 Å². The molecule has 1 amide bonds. The number of hydrogen-bond donors (Lipinski definition) is 0. The lowest BCUT2D eigenvalue weighted by atomic mass is 9.99. The summed E-state index contributed by atoms with van der Waals surface area (Å²) in [7, 11) is 0. The fourth-order valence-corrected chi connectivity index (χ4v) is 2.17. The summed E-state index contributed by atoms with van der Waals surface area (Å²) in [6.45, 7) is 5.58. The lowest BCUT2D eigenvalue weighted by Gasteiger charge is -2.30. The number of aromatic nitrogens is 1. The maximum absolute atomic E-state index is 12.2. The normalized spacial score (nSPS) is 16.4. The van der Waals surface area contributed by atoms with E-state index in [1.165, 1.54) is 0 Å². The maximum Gasteiger partial charge on any atom is 0.272 e. The van der Waals surface area contributed by atoms with E-state index in [9.17, 15) is 4.79 Å². The fraction of sp³-hybridized carbons (Fsp3) is 0.500. The van der Waals surface area contributed by atoms with Crippen LogP contribution in [0.5, 0.6) is 0 Å². The van der Waals surface area contributed by atoms with E-state index in [1.807, 2.05) is 4.90 Å². The highest BCUT2D eigenvalue weighted by Gasteiger charge is 2.22. The molecule has 0 N–H and O–H groups in total. The quantitative estimate of drug-likeness (QED) is 0.759. The maximum atomic E-state index is 12.2. The number of rotatable bonds is 1. The second-order valence-corrected chi connectivity index (χ2v) is 4.92. The van der Waals surface area contributed by atoms with Crippen LogP contribution in [0.15, 0.2) is 12.1 Å². The highest BCUT2D eigenvalue weighted by molar-refractivity contribution is 5.92. The van der Waals surface area contributed by atoms with Crippen LogP contribution in [0, 0.1) is 24.2 Å². The SMILES string of the molecule is Cc1nc(C(=O)N2CCC(C)CC2)ccc1C#N. The molecule has 2 heterocycles. The van der Waals surface area contributed by atoms with E-state index >= 15 is 0 Å². The van der Waals surface area contributed by atoms with Crippen LogP contribution in [0.3, 0.4) is 0 Å². The van der Waals surface area contributed by atoms with Gasteiger partial charge in [-0.25, -0.2) is 4.98 Å². The van der Waals surface area contributed by atoms with Crippen molar-refractivity contribution in [1.29, 1.82) is 5.26 Å². The second kappa shape index (κ2) is 5.18. The third-order valence-corrected chi connectivity index (χ3v) is 3.50. The molecule has 0 spiro atoms. The standard InChI is InChI=1S/C14H17N3O/c1-10-5-7-17(8-6-10)14(18)13-4-3-12(9-15)11(2)16-13/h3-4,10H,5-8H2,1-2H3. The van der Waals surface area contributed by atoms with E-state index in [0.717, 1.165) is 25.9 Å². The summed E-state index contributed by atoms with van der Waals surface area (Å²) in [5.41, 5.74) is 1.59. The van der Waals surface area contributed by atoms with Gasteiger partial charge in [0.25, 0.3) is 5.91 Å². The zero-order chi connectivity index (χ0) is 13.1. The van der Waals surface area contributed by atoms with Gasteiger partial charge in [-0.3, -0.25) is 4.79 Å². The molecule has 0 aromatic carbocycles. The minimum Gasteiger partial charge on any atom is -0.337 e. The van der Waals surface area contributed by atoms with Gasteiger partial charge in [-0.1, -0.05) is 6.92 Å². The van der Waals surface area contributed by atoms with E-state index in [4.69, 9.17) is 5.26 Å². The summed E-state index contributed by atoms with van der Waals surface area (Å²) >= 11 is 0. The Hall–Kier alpha value is -1.89. The van der Waals surface area contributed by atoms with Gasteiger partial charge in [-0.2, -0.15) is 5.26 Å². The van der Waals surface area contributed by atoms with Crippen molar-refractivity contribution in [3.63, 3.8) is 0 Å². The summed E-state index contributed by atoms with van der Waals surface area (Å²) in [6, 6.07) is 5.37. The van der Waals surface area contributed by atoms with Crippen LogP contribution < -0.4 is 0 Å². The molecule has 1 fully saturated rings. The molecule has 1 aliphatic rings. The summed E-state index contributed by atoms with van der Waals surface area (Å²) in [6.07, 6.45) is 2.11. The highest BCUT2D eigenvalue weighted by atomic mass is 16.2. The van der Waals surface area contributed by atoms with Gasteiger partial charge in [-0.15, -0.1) is 0 Å². The smallest absolute Gasteiger partial charge is 0.272 e. The van der Waals surface area contributed by atoms with Crippen LogP contribution in [-0.4, -0.2) is 28.9 Å². The van der Waals surface area contributed by atoms with Crippen LogP contribution in [0.2, 0.25) is 0 Å². The van der Waals surface area contributed by atoms with Gasteiger partial charge >= 0.3 is 0 Å². The average molecular weight is 243 g/mol. The van der Waals surface area contributed by atoms with Gasteiger partial charge < -0.3 is 4.90 Å². The summed E-state index contributed by atoms with van der Waals surface area (Å²) < 4.78 is 0. The van der Waals surface area contributed by atoms with Crippen LogP contribution in [0.4, 0.5) is 0 Å².